The molecule has 0 spiro atoms. The van der Waals surface area contributed by atoms with E-state index in [-0.39, 0.29) is 17.1 Å². The number of fused-ring (bicyclic) bond motifs is 1. The third kappa shape index (κ3) is 3.47. The van der Waals surface area contributed by atoms with Crippen molar-refractivity contribution in [1.29, 1.82) is 5.26 Å². The number of amides is 1. The lowest BCUT2D eigenvalue weighted by Gasteiger charge is -2.25. The van der Waals surface area contributed by atoms with Gasteiger partial charge < -0.3 is 15.2 Å². The number of carbonyl (C=O) groups excluding carboxylic acids is 1. The summed E-state index contributed by atoms with van der Waals surface area (Å²) in [5.41, 5.74) is -0.0554. The van der Waals surface area contributed by atoms with Gasteiger partial charge in [-0.2, -0.15) is 5.26 Å². The van der Waals surface area contributed by atoms with Crippen LogP contribution in [0.25, 0.3) is 10.8 Å². The van der Waals surface area contributed by atoms with Gasteiger partial charge in [-0.05, 0) is 49.1 Å². The summed E-state index contributed by atoms with van der Waals surface area (Å²) >= 11 is 0. The quantitative estimate of drug-likeness (QED) is 0.701. The lowest BCUT2D eigenvalue weighted by molar-refractivity contribution is 0.0931. The zero-order valence-electron chi connectivity index (χ0n) is 15.2. The molecule has 1 aliphatic carbocycles. The molecule has 28 heavy (non-hydrogen) atoms. The van der Waals surface area contributed by atoms with Crippen molar-refractivity contribution in [3.8, 4) is 23.3 Å². The number of hydrogen-bond donors (Lipinski definition) is 2. The van der Waals surface area contributed by atoms with Crippen LogP contribution < -0.4 is 10.1 Å². The molecular weight excluding hydrogens is 354 g/mol. The number of rotatable bonds is 5. The smallest absolute Gasteiger partial charge is 0.273 e. The predicted molar refractivity (Wildman–Crippen MR) is 104 cm³/mol. The minimum Gasteiger partial charge on any atom is -0.505 e. The predicted octanol–water partition coefficient (Wildman–Crippen LogP) is 4.13. The van der Waals surface area contributed by atoms with Gasteiger partial charge in [0.1, 0.15) is 23.3 Å². The highest BCUT2D eigenvalue weighted by atomic mass is 16.5. The number of para-hydroxylation sites is 1. The second kappa shape index (κ2) is 7.57. The molecule has 2 aromatic carbocycles. The van der Waals surface area contributed by atoms with Crippen LogP contribution in [-0.4, -0.2) is 22.5 Å². The number of pyridine rings is 1. The third-order valence-corrected chi connectivity index (χ3v) is 5.03. The van der Waals surface area contributed by atoms with Crippen molar-refractivity contribution in [3.63, 3.8) is 0 Å². The summed E-state index contributed by atoms with van der Waals surface area (Å²) < 4.78 is 5.79. The van der Waals surface area contributed by atoms with E-state index >= 15 is 0 Å². The normalized spacial score (nSPS) is 13.5. The molecule has 1 aliphatic rings. The first kappa shape index (κ1) is 17.8. The van der Waals surface area contributed by atoms with Crippen LogP contribution in [0.2, 0.25) is 0 Å². The van der Waals surface area contributed by atoms with E-state index < -0.39 is 5.91 Å². The lowest BCUT2D eigenvalue weighted by atomic mass is 9.85. The van der Waals surface area contributed by atoms with Gasteiger partial charge in [0, 0.05) is 17.3 Å². The fourth-order valence-electron chi connectivity index (χ4n) is 3.23. The summed E-state index contributed by atoms with van der Waals surface area (Å²) in [6.07, 6.45) is 3.39. The molecule has 0 bridgehead atoms. The van der Waals surface area contributed by atoms with Gasteiger partial charge in [-0.25, -0.2) is 4.98 Å². The molecule has 0 unspecified atom stereocenters. The van der Waals surface area contributed by atoms with E-state index in [1.54, 1.807) is 18.2 Å². The van der Waals surface area contributed by atoms with E-state index in [0.717, 1.165) is 12.8 Å². The zero-order chi connectivity index (χ0) is 19.5. The highest BCUT2D eigenvalue weighted by Crippen LogP contribution is 2.33. The standard InChI is InChI=1S/C22H19N3O3/c23-12-19-18-11-16(28-15-7-2-1-3-8-15)9-10-17(18)21(26)20(25-19)22(27)24-13-14-5-4-6-14/h1-3,7-11,14,26H,4-6,13H2,(H,24,27). The molecule has 6 heteroatoms. The number of carbonyl (C=O) groups is 1. The van der Waals surface area contributed by atoms with Crippen molar-refractivity contribution >= 4 is 16.7 Å². The minimum atomic E-state index is -0.465. The van der Waals surface area contributed by atoms with Crippen molar-refractivity contribution in [3.05, 3.63) is 59.9 Å². The fraction of sp³-hybridized carbons (Fsp3) is 0.227. The summed E-state index contributed by atoms with van der Waals surface area (Å²) in [5, 5.41) is 23.7. The molecule has 1 aromatic heterocycles. The highest BCUT2D eigenvalue weighted by molar-refractivity contribution is 6.03. The van der Waals surface area contributed by atoms with Crippen molar-refractivity contribution in [2.45, 2.75) is 19.3 Å². The van der Waals surface area contributed by atoms with Crippen molar-refractivity contribution in [2.75, 3.05) is 6.54 Å². The molecule has 140 valence electrons. The second-order valence-corrected chi connectivity index (χ2v) is 6.90. The third-order valence-electron chi connectivity index (χ3n) is 5.03. The fourth-order valence-corrected chi connectivity index (χ4v) is 3.23. The first-order valence-corrected chi connectivity index (χ1v) is 9.23. The number of aromatic nitrogens is 1. The lowest BCUT2D eigenvalue weighted by Crippen LogP contribution is -2.32. The van der Waals surface area contributed by atoms with Gasteiger partial charge in [0.25, 0.3) is 5.91 Å². The number of nitriles is 1. The van der Waals surface area contributed by atoms with E-state index in [1.165, 1.54) is 6.42 Å². The Balaban J connectivity index is 1.66. The summed E-state index contributed by atoms with van der Waals surface area (Å²) in [4.78, 5) is 16.6. The van der Waals surface area contributed by atoms with Crippen molar-refractivity contribution in [2.24, 2.45) is 5.92 Å². The van der Waals surface area contributed by atoms with E-state index in [9.17, 15) is 15.2 Å². The highest BCUT2D eigenvalue weighted by Gasteiger charge is 2.22. The summed E-state index contributed by atoms with van der Waals surface area (Å²) in [5.74, 6) is 0.960. The Labute approximate surface area is 162 Å². The summed E-state index contributed by atoms with van der Waals surface area (Å²) in [6, 6.07) is 16.2. The molecule has 0 aliphatic heterocycles. The van der Waals surface area contributed by atoms with Gasteiger partial charge in [0.15, 0.2) is 11.4 Å². The largest absolute Gasteiger partial charge is 0.505 e. The minimum absolute atomic E-state index is 0.0695. The monoisotopic (exact) mass is 373 g/mol. The number of nitrogens with one attached hydrogen (secondary N) is 1. The molecule has 2 N–H and O–H groups in total. The molecule has 1 fully saturated rings. The Bertz CT molecular complexity index is 1070. The molecule has 1 saturated carbocycles. The number of nitrogens with zero attached hydrogens (tertiary/aromatic N) is 2. The van der Waals surface area contributed by atoms with Crippen molar-refractivity contribution < 1.29 is 14.6 Å². The Morgan fingerprint density at radius 3 is 2.64 bits per heavy atom. The molecule has 1 amide bonds. The van der Waals surface area contributed by atoms with Gasteiger partial charge in [-0.3, -0.25) is 4.79 Å². The number of benzene rings is 2. The van der Waals surface area contributed by atoms with Crippen LogP contribution in [0, 0.1) is 17.2 Å². The van der Waals surface area contributed by atoms with Crippen LogP contribution in [0.1, 0.15) is 35.4 Å². The van der Waals surface area contributed by atoms with Crippen LogP contribution in [0.3, 0.4) is 0 Å². The van der Waals surface area contributed by atoms with E-state index in [0.29, 0.717) is 34.7 Å². The average Bonchev–Trinajstić information content (AvgIpc) is 2.68. The zero-order valence-corrected chi connectivity index (χ0v) is 15.2. The second-order valence-electron chi connectivity index (χ2n) is 6.90. The number of aromatic hydroxyl groups is 1. The maximum absolute atomic E-state index is 12.5. The number of hydrogen-bond acceptors (Lipinski definition) is 5. The molecule has 0 radical (unpaired) electrons. The van der Waals surface area contributed by atoms with Crippen LogP contribution in [0.4, 0.5) is 0 Å². The first-order valence-electron chi connectivity index (χ1n) is 9.23. The van der Waals surface area contributed by atoms with Gasteiger partial charge in [-0.1, -0.05) is 24.6 Å². The Kier molecular flexibility index (Phi) is 4.81. The van der Waals surface area contributed by atoms with Crippen LogP contribution in [0.5, 0.6) is 17.2 Å². The summed E-state index contributed by atoms with van der Waals surface area (Å²) in [6.45, 7) is 0.559. The average molecular weight is 373 g/mol. The van der Waals surface area contributed by atoms with Crippen LogP contribution in [0.15, 0.2) is 48.5 Å². The molecule has 6 nitrogen and oxygen atoms in total. The van der Waals surface area contributed by atoms with Gasteiger partial charge in [0.05, 0.1) is 0 Å². The molecule has 0 atom stereocenters. The van der Waals surface area contributed by atoms with Gasteiger partial charge in [-0.15, -0.1) is 0 Å². The van der Waals surface area contributed by atoms with E-state index in [1.807, 2.05) is 36.4 Å². The molecule has 4 rings (SSSR count). The topological polar surface area (TPSA) is 95.2 Å². The van der Waals surface area contributed by atoms with Gasteiger partial charge in [0.2, 0.25) is 0 Å². The maximum Gasteiger partial charge on any atom is 0.273 e. The van der Waals surface area contributed by atoms with Crippen LogP contribution in [-0.2, 0) is 0 Å². The number of ether oxygens (including phenoxy) is 1. The molecule has 1 heterocycles. The van der Waals surface area contributed by atoms with Gasteiger partial charge >= 0.3 is 0 Å². The molecule has 3 aromatic rings. The maximum atomic E-state index is 12.5. The summed E-state index contributed by atoms with van der Waals surface area (Å²) in [7, 11) is 0. The molecule has 0 saturated heterocycles. The van der Waals surface area contributed by atoms with Crippen molar-refractivity contribution in [1.82, 2.24) is 10.3 Å². The van der Waals surface area contributed by atoms with Crippen LogP contribution >= 0.6 is 0 Å². The molecular formula is C22H19N3O3. The van der Waals surface area contributed by atoms with E-state index in [2.05, 4.69) is 10.3 Å². The first-order chi connectivity index (χ1) is 13.7. The van der Waals surface area contributed by atoms with E-state index in [4.69, 9.17) is 4.74 Å². The Hall–Kier alpha value is -3.59. The Morgan fingerprint density at radius 1 is 1.18 bits per heavy atom. The Morgan fingerprint density at radius 2 is 1.96 bits per heavy atom. The SMILES string of the molecule is N#Cc1nc(C(=O)NCC2CCC2)c(O)c2ccc(Oc3ccccc3)cc12.